The standard InChI is InChI=1S/C21H17N3O3S/c1-14-17(20(25)26)11-22-24(14)21-23-18(13-28-21)16-9-5-6-10-19(16)27-12-15-7-3-2-4-8-15/h2-11,13H,12H2,1H3,(H,25,26). The summed E-state index contributed by atoms with van der Waals surface area (Å²) in [6.45, 7) is 2.18. The molecule has 7 heteroatoms. The first-order chi connectivity index (χ1) is 13.6. The Morgan fingerprint density at radius 1 is 1.14 bits per heavy atom. The van der Waals surface area contributed by atoms with Gasteiger partial charge in [0.1, 0.15) is 17.9 Å². The molecule has 0 aliphatic carbocycles. The number of hydrogen-bond acceptors (Lipinski definition) is 5. The van der Waals surface area contributed by atoms with Crippen molar-refractivity contribution >= 4 is 17.3 Å². The average Bonchev–Trinajstić information content (AvgIpc) is 3.34. The molecule has 0 radical (unpaired) electrons. The van der Waals surface area contributed by atoms with Crippen molar-refractivity contribution in [2.24, 2.45) is 0 Å². The number of carboxylic acids is 1. The second-order valence-electron chi connectivity index (χ2n) is 6.15. The van der Waals surface area contributed by atoms with E-state index < -0.39 is 5.97 Å². The van der Waals surface area contributed by atoms with Crippen LogP contribution in [0.25, 0.3) is 16.4 Å². The third kappa shape index (κ3) is 3.52. The van der Waals surface area contributed by atoms with Gasteiger partial charge in [-0.1, -0.05) is 42.5 Å². The normalized spacial score (nSPS) is 10.8. The molecule has 0 saturated carbocycles. The first-order valence-corrected chi connectivity index (χ1v) is 9.51. The van der Waals surface area contributed by atoms with Crippen molar-refractivity contribution in [3.05, 3.63) is 83.0 Å². The zero-order chi connectivity index (χ0) is 19.5. The van der Waals surface area contributed by atoms with Crippen LogP contribution in [-0.4, -0.2) is 25.8 Å². The lowest BCUT2D eigenvalue weighted by Crippen LogP contribution is -2.02. The maximum absolute atomic E-state index is 11.2. The Balaban J connectivity index is 1.62. The van der Waals surface area contributed by atoms with E-state index in [0.717, 1.165) is 22.6 Å². The molecule has 4 aromatic rings. The molecule has 0 spiro atoms. The molecule has 0 unspecified atom stereocenters. The molecule has 2 heterocycles. The van der Waals surface area contributed by atoms with Crippen LogP contribution in [0.15, 0.2) is 66.2 Å². The van der Waals surface area contributed by atoms with Gasteiger partial charge >= 0.3 is 5.97 Å². The van der Waals surface area contributed by atoms with Crippen LogP contribution in [0.2, 0.25) is 0 Å². The van der Waals surface area contributed by atoms with Gasteiger partial charge < -0.3 is 9.84 Å². The molecule has 2 aromatic carbocycles. The van der Waals surface area contributed by atoms with Crippen LogP contribution in [0.4, 0.5) is 0 Å². The zero-order valence-corrected chi connectivity index (χ0v) is 15.9. The Morgan fingerprint density at radius 2 is 1.89 bits per heavy atom. The van der Waals surface area contributed by atoms with Crippen molar-refractivity contribution in [1.82, 2.24) is 14.8 Å². The van der Waals surface area contributed by atoms with Gasteiger partial charge in [0, 0.05) is 10.9 Å². The summed E-state index contributed by atoms with van der Waals surface area (Å²) in [4.78, 5) is 15.9. The second kappa shape index (κ2) is 7.66. The summed E-state index contributed by atoms with van der Waals surface area (Å²) in [5, 5.41) is 15.9. The number of aromatic nitrogens is 3. The van der Waals surface area contributed by atoms with E-state index in [1.165, 1.54) is 17.5 Å². The minimum atomic E-state index is -1.000. The van der Waals surface area contributed by atoms with E-state index in [4.69, 9.17) is 4.74 Å². The highest BCUT2D eigenvalue weighted by Crippen LogP contribution is 2.32. The Kier molecular flexibility index (Phi) is 4.90. The molecular weight excluding hydrogens is 374 g/mol. The lowest BCUT2D eigenvalue weighted by atomic mass is 10.1. The highest BCUT2D eigenvalue weighted by Gasteiger charge is 2.17. The minimum Gasteiger partial charge on any atom is -0.488 e. The molecule has 0 saturated heterocycles. The number of carboxylic acid groups (broad SMARTS) is 1. The maximum atomic E-state index is 11.2. The molecule has 1 N–H and O–H groups in total. The van der Waals surface area contributed by atoms with E-state index >= 15 is 0 Å². The molecule has 2 aromatic heterocycles. The smallest absolute Gasteiger partial charge is 0.339 e. The van der Waals surface area contributed by atoms with Gasteiger partial charge in [0.2, 0.25) is 5.13 Å². The summed E-state index contributed by atoms with van der Waals surface area (Å²) in [6, 6.07) is 17.7. The fraction of sp³-hybridized carbons (Fsp3) is 0.0952. The topological polar surface area (TPSA) is 77.2 Å². The number of carbonyl (C=O) groups is 1. The fourth-order valence-corrected chi connectivity index (χ4v) is 3.67. The lowest BCUT2D eigenvalue weighted by Gasteiger charge is -2.10. The Morgan fingerprint density at radius 3 is 2.64 bits per heavy atom. The molecule has 0 bridgehead atoms. The van der Waals surface area contributed by atoms with Crippen LogP contribution in [0.5, 0.6) is 5.75 Å². The van der Waals surface area contributed by atoms with Crippen LogP contribution in [0, 0.1) is 6.92 Å². The number of aromatic carboxylic acids is 1. The van der Waals surface area contributed by atoms with Crippen LogP contribution in [0.1, 0.15) is 21.6 Å². The first kappa shape index (κ1) is 17.9. The molecule has 6 nitrogen and oxygen atoms in total. The van der Waals surface area contributed by atoms with Gasteiger partial charge in [0.15, 0.2) is 0 Å². The molecule has 0 aliphatic rings. The van der Waals surface area contributed by atoms with Crippen LogP contribution >= 0.6 is 11.3 Å². The zero-order valence-electron chi connectivity index (χ0n) is 15.1. The predicted molar refractivity (Wildman–Crippen MR) is 107 cm³/mol. The first-order valence-electron chi connectivity index (χ1n) is 8.63. The summed E-state index contributed by atoms with van der Waals surface area (Å²) >= 11 is 1.40. The van der Waals surface area contributed by atoms with Crippen molar-refractivity contribution in [3.8, 4) is 22.1 Å². The predicted octanol–water partition coefficient (Wildman–Crippen LogP) is 4.58. The van der Waals surface area contributed by atoms with Crippen molar-refractivity contribution in [1.29, 1.82) is 0 Å². The van der Waals surface area contributed by atoms with Crippen molar-refractivity contribution in [2.75, 3.05) is 0 Å². The van der Waals surface area contributed by atoms with E-state index in [1.807, 2.05) is 60.0 Å². The molecule has 0 atom stereocenters. The van der Waals surface area contributed by atoms with E-state index in [2.05, 4.69) is 10.1 Å². The number of hydrogen-bond donors (Lipinski definition) is 1. The minimum absolute atomic E-state index is 0.170. The quantitative estimate of drug-likeness (QED) is 0.520. The van der Waals surface area contributed by atoms with Gasteiger partial charge in [-0.15, -0.1) is 11.3 Å². The van der Waals surface area contributed by atoms with E-state index in [-0.39, 0.29) is 5.56 Å². The van der Waals surface area contributed by atoms with E-state index in [0.29, 0.717) is 17.4 Å². The van der Waals surface area contributed by atoms with Gasteiger partial charge in [-0.3, -0.25) is 0 Å². The Labute approximate surface area is 165 Å². The number of benzene rings is 2. The molecule has 4 rings (SSSR count). The molecule has 0 amide bonds. The number of thiazole rings is 1. The largest absolute Gasteiger partial charge is 0.488 e. The van der Waals surface area contributed by atoms with Crippen LogP contribution < -0.4 is 4.74 Å². The number of nitrogens with zero attached hydrogens (tertiary/aromatic N) is 3. The molecular formula is C21H17N3O3S. The number of rotatable bonds is 6. The second-order valence-corrected chi connectivity index (χ2v) is 6.98. The summed E-state index contributed by atoms with van der Waals surface area (Å²) in [5.74, 6) is -0.258. The molecule has 140 valence electrons. The monoisotopic (exact) mass is 391 g/mol. The van der Waals surface area contributed by atoms with Gasteiger partial charge in [-0.05, 0) is 24.6 Å². The van der Waals surface area contributed by atoms with Gasteiger partial charge in [-0.25, -0.2) is 14.5 Å². The average molecular weight is 391 g/mol. The fourth-order valence-electron chi connectivity index (χ4n) is 2.84. The lowest BCUT2D eigenvalue weighted by molar-refractivity contribution is 0.0696. The van der Waals surface area contributed by atoms with Crippen molar-refractivity contribution in [2.45, 2.75) is 13.5 Å². The Bertz CT molecular complexity index is 1120. The van der Waals surface area contributed by atoms with Crippen molar-refractivity contribution in [3.63, 3.8) is 0 Å². The third-order valence-corrected chi connectivity index (χ3v) is 5.13. The summed E-state index contributed by atoms with van der Waals surface area (Å²) in [5.41, 5.74) is 3.44. The molecule has 0 aliphatic heterocycles. The highest BCUT2D eigenvalue weighted by molar-refractivity contribution is 7.12. The van der Waals surface area contributed by atoms with E-state index in [9.17, 15) is 9.90 Å². The maximum Gasteiger partial charge on any atom is 0.339 e. The van der Waals surface area contributed by atoms with E-state index in [1.54, 1.807) is 11.6 Å². The third-order valence-electron chi connectivity index (χ3n) is 4.31. The van der Waals surface area contributed by atoms with Crippen molar-refractivity contribution < 1.29 is 14.6 Å². The van der Waals surface area contributed by atoms with Gasteiger partial charge in [0.25, 0.3) is 0 Å². The van der Waals surface area contributed by atoms with Gasteiger partial charge in [-0.2, -0.15) is 5.10 Å². The summed E-state index contributed by atoms with van der Waals surface area (Å²) in [7, 11) is 0. The summed E-state index contributed by atoms with van der Waals surface area (Å²) in [6.07, 6.45) is 1.34. The van der Waals surface area contributed by atoms with Gasteiger partial charge in [0.05, 0.1) is 17.6 Å². The summed E-state index contributed by atoms with van der Waals surface area (Å²) < 4.78 is 7.56. The van der Waals surface area contributed by atoms with Crippen LogP contribution in [-0.2, 0) is 6.61 Å². The highest BCUT2D eigenvalue weighted by atomic mass is 32.1. The SMILES string of the molecule is Cc1c(C(=O)O)cnn1-c1nc(-c2ccccc2OCc2ccccc2)cs1. The van der Waals surface area contributed by atoms with Crippen LogP contribution in [0.3, 0.4) is 0 Å². The molecule has 0 fully saturated rings. The number of para-hydroxylation sites is 1. The Hall–Kier alpha value is -3.45. The molecule has 28 heavy (non-hydrogen) atoms. The number of ether oxygens (including phenoxy) is 1.